The van der Waals surface area contributed by atoms with Crippen LogP contribution in [0.25, 0.3) is 0 Å². The number of aromatic nitrogens is 4. The van der Waals surface area contributed by atoms with Gasteiger partial charge >= 0.3 is 0 Å². The zero-order valence-electron chi connectivity index (χ0n) is 12.2. The molecule has 0 amide bonds. The highest BCUT2D eigenvalue weighted by molar-refractivity contribution is 7.89. The van der Waals surface area contributed by atoms with Gasteiger partial charge in [-0.2, -0.15) is 14.5 Å². The second kappa shape index (κ2) is 5.27. The summed E-state index contributed by atoms with van der Waals surface area (Å²) in [6, 6.07) is 1.67. The molecule has 114 valence electrons. The summed E-state index contributed by atoms with van der Waals surface area (Å²) in [5, 5.41) is 11.0. The van der Waals surface area contributed by atoms with Crippen molar-refractivity contribution < 1.29 is 8.42 Å². The number of H-pyrrole nitrogens is 1. The van der Waals surface area contributed by atoms with E-state index >= 15 is 0 Å². The highest BCUT2D eigenvalue weighted by atomic mass is 32.2. The molecule has 21 heavy (non-hydrogen) atoms. The van der Waals surface area contributed by atoms with E-state index in [0.717, 1.165) is 25.0 Å². The largest absolute Gasteiger partial charge is 0.281 e. The fraction of sp³-hybridized carbons (Fsp3) is 0.538. The Morgan fingerprint density at radius 2 is 2.19 bits per heavy atom. The third kappa shape index (κ3) is 2.49. The molecule has 0 aliphatic carbocycles. The number of nitrogens with one attached hydrogen (secondary N) is 1. The van der Waals surface area contributed by atoms with E-state index in [1.807, 2.05) is 6.07 Å². The van der Waals surface area contributed by atoms with Crippen molar-refractivity contribution in [1.82, 2.24) is 24.3 Å². The van der Waals surface area contributed by atoms with Crippen LogP contribution in [0.15, 0.2) is 23.4 Å². The molecule has 2 aromatic rings. The molecule has 0 spiro atoms. The Kier molecular flexibility index (Phi) is 3.58. The zero-order valence-corrected chi connectivity index (χ0v) is 13.0. The number of hydrogen-bond donors (Lipinski definition) is 1. The summed E-state index contributed by atoms with van der Waals surface area (Å²) >= 11 is 0. The van der Waals surface area contributed by atoms with Crippen LogP contribution < -0.4 is 0 Å². The standard InChI is InChI=1S/C13H19N5O2S/c1-10-13(9-17(2)16-10)21(19,20)18-8-4-3-5-12(18)11-6-7-14-15-11/h6-7,9,12H,3-5,8H2,1-2H3,(H,14,15)/t12-/m0/s1. The Morgan fingerprint density at radius 3 is 2.81 bits per heavy atom. The van der Waals surface area contributed by atoms with Crippen molar-refractivity contribution in [3.63, 3.8) is 0 Å². The van der Waals surface area contributed by atoms with Gasteiger partial charge in [-0.1, -0.05) is 6.42 Å². The van der Waals surface area contributed by atoms with Gasteiger partial charge in [-0.25, -0.2) is 8.42 Å². The summed E-state index contributed by atoms with van der Waals surface area (Å²) in [5.41, 5.74) is 1.38. The number of nitrogens with zero attached hydrogens (tertiary/aromatic N) is 4. The molecule has 8 heteroatoms. The molecule has 1 fully saturated rings. The van der Waals surface area contributed by atoms with Gasteiger partial charge in [0.15, 0.2) is 0 Å². The molecule has 3 rings (SSSR count). The van der Waals surface area contributed by atoms with Gasteiger partial charge in [-0.15, -0.1) is 0 Å². The van der Waals surface area contributed by atoms with Crippen LogP contribution in [0.4, 0.5) is 0 Å². The third-order valence-electron chi connectivity index (χ3n) is 3.89. The van der Waals surface area contributed by atoms with E-state index < -0.39 is 10.0 Å². The van der Waals surface area contributed by atoms with Gasteiger partial charge in [-0.3, -0.25) is 9.78 Å². The van der Waals surface area contributed by atoms with Crippen LogP contribution in [-0.4, -0.2) is 39.2 Å². The number of aryl methyl sites for hydroxylation is 2. The molecule has 1 atom stereocenters. The van der Waals surface area contributed by atoms with Crippen LogP contribution in [0.5, 0.6) is 0 Å². The van der Waals surface area contributed by atoms with Gasteiger partial charge in [0, 0.05) is 26.0 Å². The lowest BCUT2D eigenvalue weighted by Crippen LogP contribution is -2.38. The number of rotatable bonds is 3. The Morgan fingerprint density at radius 1 is 1.38 bits per heavy atom. The van der Waals surface area contributed by atoms with Crippen LogP contribution in [0.1, 0.15) is 36.7 Å². The Balaban J connectivity index is 2.01. The molecule has 0 saturated carbocycles. The van der Waals surface area contributed by atoms with E-state index in [1.165, 1.54) is 4.68 Å². The highest BCUT2D eigenvalue weighted by Gasteiger charge is 2.36. The normalized spacial score (nSPS) is 20.8. The molecule has 0 bridgehead atoms. The van der Waals surface area contributed by atoms with Gasteiger partial charge in [0.05, 0.1) is 17.4 Å². The van der Waals surface area contributed by atoms with Crippen molar-refractivity contribution in [2.24, 2.45) is 7.05 Å². The lowest BCUT2D eigenvalue weighted by atomic mass is 10.0. The molecule has 7 nitrogen and oxygen atoms in total. The highest BCUT2D eigenvalue weighted by Crippen LogP contribution is 2.34. The smallest absolute Gasteiger partial charge is 0.247 e. The summed E-state index contributed by atoms with van der Waals surface area (Å²) in [6.45, 7) is 2.25. The summed E-state index contributed by atoms with van der Waals surface area (Å²) in [5.74, 6) is 0. The number of sulfonamides is 1. The average Bonchev–Trinajstić information content (AvgIpc) is 3.08. The minimum Gasteiger partial charge on any atom is -0.281 e. The van der Waals surface area contributed by atoms with Crippen LogP contribution in [-0.2, 0) is 17.1 Å². The quantitative estimate of drug-likeness (QED) is 0.928. The van der Waals surface area contributed by atoms with Crippen molar-refractivity contribution in [2.75, 3.05) is 6.54 Å². The van der Waals surface area contributed by atoms with Crippen molar-refractivity contribution in [3.05, 3.63) is 29.8 Å². The first-order chi connectivity index (χ1) is 10.00. The minimum absolute atomic E-state index is 0.175. The van der Waals surface area contributed by atoms with Crippen LogP contribution >= 0.6 is 0 Å². The molecule has 0 radical (unpaired) electrons. The number of piperidine rings is 1. The van der Waals surface area contributed by atoms with Crippen molar-refractivity contribution in [2.45, 2.75) is 37.1 Å². The topological polar surface area (TPSA) is 83.9 Å². The van der Waals surface area contributed by atoms with E-state index in [9.17, 15) is 8.42 Å². The zero-order chi connectivity index (χ0) is 15.0. The minimum atomic E-state index is -3.54. The molecule has 1 saturated heterocycles. The van der Waals surface area contributed by atoms with Gasteiger partial charge in [0.25, 0.3) is 0 Å². The van der Waals surface area contributed by atoms with Crippen LogP contribution in [0, 0.1) is 6.92 Å². The van der Waals surface area contributed by atoms with Gasteiger partial charge in [0.2, 0.25) is 10.0 Å². The predicted molar refractivity (Wildman–Crippen MR) is 77.0 cm³/mol. The van der Waals surface area contributed by atoms with E-state index in [0.29, 0.717) is 12.2 Å². The van der Waals surface area contributed by atoms with Crippen LogP contribution in [0.2, 0.25) is 0 Å². The molecular weight excluding hydrogens is 290 g/mol. The fourth-order valence-electron chi connectivity index (χ4n) is 2.91. The SMILES string of the molecule is Cc1nn(C)cc1S(=O)(=O)N1CCCC[C@H]1c1ccn[nH]1. The Hall–Kier alpha value is -1.67. The summed E-state index contributed by atoms with van der Waals surface area (Å²) in [6.07, 6.45) is 5.93. The molecule has 1 N–H and O–H groups in total. The van der Waals surface area contributed by atoms with Gasteiger partial charge in [-0.05, 0) is 25.8 Å². The average molecular weight is 309 g/mol. The fourth-order valence-corrected chi connectivity index (χ4v) is 4.79. The lowest BCUT2D eigenvalue weighted by molar-refractivity contribution is 0.251. The first-order valence-corrected chi connectivity index (χ1v) is 8.45. The molecular formula is C13H19N5O2S. The van der Waals surface area contributed by atoms with Gasteiger partial charge in [0.1, 0.15) is 4.90 Å². The molecule has 1 aliphatic rings. The van der Waals surface area contributed by atoms with Crippen molar-refractivity contribution in [1.29, 1.82) is 0 Å². The molecule has 0 aromatic carbocycles. The summed E-state index contributed by atoms with van der Waals surface area (Å²) in [4.78, 5) is 0.288. The first kappa shape index (κ1) is 14.3. The van der Waals surface area contributed by atoms with E-state index in [4.69, 9.17) is 0 Å². The second-order valence-electron chi connectivity index (χ2n) is 5.39. The second-order valence-corrected chi connectivity index (χ2v) is 7.25. The monoisotopic (exact) mass is 309 g/mol. The Bertz CT molecular complexity index is 720. The maximum absolute atomic E-state index is 13.0. The molecule has 1 aliphatic heterocycles. The van der Waals surface area contributed by atoms with Crippen molar-refractivity contribution >= 4 is 10.0 Å². The molecule has 0 unspecified atom stereocenters. The third-order valence-corrected chi connectivity index (χ3v) is 5.90. The number of hydrogen-bond acceptors (Lipinski definition) is 4. The maximum atomic E-state index is 13.0. The van der Waals surface area contributed by atoms with E-state index in [2.05, 4.69) is 15.3 Å². The summed E-state index contributed by atoms with van der Waals surface area (Å²) in [7, 11) is -1.81. The first-order valence-electron chi connectivity index (χ1n) is 7.01. The lowest BCUT2D eigenvalue weighted by Gasteiger charge is -2.33. The van der Waals surface area contributed by atoms with E-state index in [-0.39, 0.29) is 10.9 Å². The van der Waals surface area contributed by atoms with Crippen molar-refractivity contribution in [3.8, 4) is 0 Å². The maximum Gasteiger partial charge on any atom is 0.247 e. The molecule has 3 heterocycles. The van der Waals surface area contributed by atoms with E-state index in [1.54, 1.807) is 30.7 Å². The molecule has 2 aromatic heterocycles. The Labute approximate surface area is 124 Å². The van der Waals surface area contributed by atoms with Gasteiger partial charge < -0.3 is 0 Å². The van der Waals surface area contributed by atoms with Crippen LogP contribution in [0.3, 0.4) is 0 Å². The summed E-state index contributed by atoms with van der Waals surface area (Å²) < 4.78 is 29.0. The number of aromatic amines is 1. The predicted octanol–water partition coefficient (Wildman–Crippen LogP) is 1.37.